The summed E-state index contributed by atoms with van der Waals surface area (Å²) in [6.07, 6.45) is 1.11. The molecule has 7 heteroatoms. The quantitative estimate of drug-likeness (QED) is 0.0915. The summed E-state index contributed by atoms with van der Waals surface area (Å²) in [5, 5.41) is 5.49. The average Bonchev–Trinajstić information content (AvgIpc) is 3.74. The van der Waals surface area contributed by atoms with Crippen LogP contribution in [0.15, 0.2) is 109 Å². The van der Waals surface area contributed by atoms with Crippen LogP contribution in [-0.2, 0) is 28.4 Å². The molecule has 0 saturated carbocycles. The maximum Gasteiger partial charge on any atom is 2.00 e. The van der Waals surface area contributed by atoms with E-state index in [9.17, 15) is 0 Å². The van der Waals surface area contributed by atoms with Crippen LogP contribution >= 0.6 is 17.2 Å². The molecule has 0 aliphatic heterocycles. The topological polar surface area (TPSA) is 25.8 Å². The van der Waals surface area contributed by atoms with E-state index in [0.29, 0.717) is 0 Å². The molecule has 0 aliphatic carbocycles. The summed E-state index contributed by atoms with van der Waals surface area (Å²) in [6.45, 7) is 30.0. The number of nitrogens with zero attached hydrogens (tertiary/aromatic N) is 2. The fourth-order valence-electron chi connectivity index (χ4n) is 7.50. The van der Waals surface area contributed by atoms with Gasteiger partial charge in [0.25, 0.3) is 0 Å². The van der Waals surface area contributed by atoms with Gasteiger partial charge >= 0.3 is 17.1 Å². The van der Waals surface area contributed by atoms with Crippen LogP contribution in [-0.4, -0.2) is 36.4 Å². The molecule has 0 radical (unpaired) electrons. The predicted octanol–water partition coefficient (Wildman–Crippen LogP) is 11.7. The van der Waals surface area contributed by atoms with E-state index in [1.54, 1.807) is 15.9 Å². The van der Waals surface area contributed by atoms with Gasteiger partial charge in [0.15, 0.2) is 0 Å². The average molecular weight is 789 g/mol. The second kappa shape index (κ2) is 15.6. The van der Waals surface area contributed by atoms with Gasteiger partial charge in [-0.25, -0.2) is 18.2 Å². The number of pyridine rings is 2. The zero-order valence-corrected chi connectivity index (χ0v) is 38.0. The molecule has 2 heterocycles. The fraction of sp³-hybridized carbons (Fsp3) is 0.364. The third-order valence-corrected chi connectivity index (χ3v) is 18.8. The van der Waals surface area contributed by atoms with Gasteiger partial charge in [-0.2, -0.15) is 39.7 Å². The van der Waals surface area contributed by atoms with Crippen LogP contribution < -0.4 is 10.4 Å². The van der Waals surface area contributed by atoms with Crippen LogP contribution in [0.3, 0.4) is 0 Å². The van der Waals surface area contributed by atoms with Crippen molar-refractivity contribution in [2.75, 3.05) is 0 Å². The molecule has 51 heavy (non-hydrogen) atoms. The Bertz CT molecular complexity index is 1950. The molecule has 2 nitrogen and oxygen atoms in total. The van der Waals surface area contributed by atoms with Crippen molar-refractivity contribution in [1.29, 1.82) is 0 Å². The molecule has 0 saturated heterocycles. The summed E-state index contributed by atoms with van der Waals surface area (Å²) in [6, 6.07) is 38.6. The van der Waals surface area contributed by atoms with E-state index in [-0.39, 0.29) is 35.3 Å². The van der Waals surface area contributed by atoms with Gasteiger partial charge in [-0.3, -0.25) is 9.97 Å². The Morgan fingerprint density at radius 3 is 1.49 bits per heavy atom. The molecular formula is C44H58FeN2P2Si2. The summed E-state index contributed by atoms with van der Waals surface area (Å²) in [4.78, 5) is 10.9. The van der Waals surface area contributed by atoms with E-state index >= 15 is 0 Å². The van der Waals surface area contributed by atoms with Gasteiger partial charge in [-0.15, -0.1) is 9.24 Å². The molecule has 2 aromatic heterocycles. The number of hydrogen-bond acceptors (Lipinski definition) is 2. The molecule has 0 fully saturated rings. The molecule has 1 unspecified atom stereocenters. The van der Waals surface area contributed by atoms with E-state index < -0.39 is 21.3 Å². The van der Waals surface area contributed by atoms with Crippen molar-refractivity contribution >= 4 is 65.5 Å². The van der Waals surface area contributed by atoms with Crippen LogP contribution in [0.25, 0.3) is 21.8 Å². The van der Waals surface area contributed by atoms with Crippen LogP contribution in [0.1, 0.15) is 64.1 Å². The third-order valence-electron chi connectivity index (χ3n) is 9.66. The van der Waals surface area contributed by atoms with Gasteiger partial charge in [0.2, 0.25) is 0 Å². The minimum absolute atomic E-state index is 0. The zero-order valence-electron chi connectivity index (χ0n) is 32.9. The summed E-state index contributed by atoms with van der Waals surface area (Å²) in [7, 11) is -0.512. The number of fused-ring (bicyclic) bond motifs is 2. The largest absolute Gasteiger partial charge is 2.00 e. The Morgan fingerprint density at radius 2 is 1.12 bits per heavy atom. The first-order chi connectivity index (χ1) is 23.2. The van der Waals surface area contributed by atoms with Gasteiger partial charge in [0.05, 0.1) is 19.1 Å². The van der Waals surface area contributed by atoms with E-state index in [4.69, 9.17) is 9.97 Å². The Hall–Kier alpha value is -2.23. The van der Waals surface area contributed by atoms with Crippen LogP contribution in [0, 0.1) is 0 Å². The zero-order chi connectivity index (χ0) is 36.7. The van der Waals surface area contributed by atoms with Gasteiger partial charge in [-0.05, 0) is 40.7 Å². The van der Waals surface area contributed by atoms with Crippen molar-refractivity contribution in [3.05, 3.63) is 132 Å². The molecule has 6 aromatic rings. The maximum absolute atomic E-state index is 5.43. The monoisotopic (exact) mass is 788 g/mol. The molecule has 0 spiro atoms. The number of rotatable bonds is 7. The SMILES string of the molecule is CC(C)(C)P(Cc1c(C(P)(c2ccc3ccccc3n2)c2ccc3ccccc3n2)cc([Si](C)(C)C)[c-]1[Si](C)(C)C)C(C)(C)C.[Fe+2].c1cc[cH-]c1. The van der Waals surface area contributed by atoms with Crippen LogP contribution in [0.2, 0.25) is 39.3 Å². The first kappa shape index (κ1) is 41.5. The standard InChI is InChI=1S/C39H53N2P2Si2.C5H5.Fe/c1-37(2,3)43(38(4,5)6)26-29-30(25-33(44(7,8)9)36(29)45(10,11)12)39(42,34-23-21-27-17-13-15-19-31(27)40-34)35-24-22-28-18-14-16-20-32(28)41-35;1-2-4-5-3-1;/h13-25H,26,42H2,1-12H3;1-5H;/q2*-1;+2. The van der Waals surface area contributed by atoms with E-state index in [2.05, 4.69) is 169 Å². The van der Waals surface area contributed by atoms with Gasteiger partial charge in [0, 0.05) is 35.4 Å². The Balaban J connectivity index is 0.000000894. The molecule has 6 rings (SSSR count). The maximum atomic E-state index is 5.43. The minimum atomic E-state index is -1.77. The van der Waals surface area contributed by atoms with Gasteiger partial charge in [0.1, 0.15) is 0 Å². The molecule has 0 aliphatic rings. The second-order valence-electron chi connectivity index (χ2n) is 17.8. The minimum Gasteiger partial charge on any atom is -0.252 e. The number of aromatic nitrogens is 2. The third kappa shape index (κ3) is 9.12. The van der Waals surface area contributed by atoms with Crippen molar-refractivity contribution < 1.29 is 17.1 Å². The molecule has 0 N–H and O–H groups in total. The van der Waals surface area contributed by atoms with Crippen LogP contribution in [0.5, 0.6) is 0 Å². The van der Waals surface area contributed by atoms with E-state index in [1.165, 1.54) is 5.56 Å². The van der Waals surface area contributed by atoms with Gasteiger partial charge in [-0.1, -0.05) is 137 Å². The fourth-order valence-corrected chi connectivity index (χ4v) is 17.6. The van der Waals surface area contributed by atoms with Crippen molar-refractivity contribution in [1.82, 2.24) is 9.97 Å². The van der Waals surface area contributed by atoms with Crippen molar-refractivity contribution in [2.45, 2.75) is 102 Å². The molecule has 4 aromatic carbocycles. The summed E-state index contributed by atoms with van der Waals surface area (Å²) < 4.78 is 0. The summed E-state index contributed by atoms with van der Waals surface area (Å²) >= 11 is 0. The number of benzene rings is 2. The van der Waals surface area contributed by atoms with Gasteiger partial charge < -0.3 is 0 Å². The van der Waals surface area contributed by atoms with Crippen molar-refractivity contribution in [2.24, 2.45) is 0 Å². The molecular weight excluding hydrogens is 730 g/mol. The summed E-state index contributed by atoms with van der Waals surface area (Å²) in [5.74, 6) is 0. The smallest absolute Gasteiger partial charge is 0.252 e. The van der Waals surface area contributed by atoms with E-state index in [1.807, 2.05) is 30.3 Å². The Morgan fingerprint density at radius 1 is 0.667 bits per heavy atom. The number of hydrogen-bond donors (Lipinski definition) is 0. The van der Waals surface area contributed by atoms with Crippen molar-refractivity contribution in [3.8, 4) is 0 Å². The first-order valence-electron chi connectivity index (χ1n) is 18.0. The molecule has 0 amide bonds. The molecule has 1 atom stereocenters. The Kier molecular flexibility index (Phi) is 12.7. The molecule has 0 bridgehead atoms. The van der Waals surface area contributed by atoms with Crippen LogP contribution in [0.4, 0.5) is 0 Å². The predicted molar refractivity (Wildman–Crippen MR) is 233 cm³/mol. The number of para-hydroxylation sites is 2. The molecule has 270 valence electrons. The van der Waals surface area contributed by atoms with Crippen molar-refractivity contribution in [3.63, 3.8) is 0 Å². The van der Waals surface area contributed by atoms with E-state index in [0.717, 1.165) is 39.4 Å². The Labute approximate surface area is 324 Å². The normalized spacial score (nSPS) is 12.9. The first-order valence-corrected chi connectivity index (χ1v) is 27.1. The summed E-state index contributed by atoms with van der Waals surface area (Å²) in [5.41, 5.74) is 7.12. The second-order valence-corrected chi connectivity index (χ2v) is 32.6.